The molecular formula is C11H20N2O5S. The van der Waals surface area contributed by atoms with E-state index in [0.717, 1.165) is 25.5 Å². The predicted molar refractivity (Wildman–Crippen MR) is 69.7 cm³/mol. The molecule has 0 bridgehead atoms. The van der Waals surface area contributed by atoms with Gasteiger partial charge < -0.3 is 15.3 Å². The second kappa shape index (κ2) is 6.74. The number of carbonyl (C=O) groups excluding carboxylic acids is 1. The number of carboxylic acids is 1. The van der Waals surface area contributed by atoms with Crippen molar-refractivity contribution >= 4 is 21.8 Å². The molecule has 1 heterocycles. The molecule has 1 saturated heterocycles. The third-order valence-electron chi connectivity index (χ3n) is 3.05. The first-order valence-corrected chi connectivity index (χ1v) is 8.32. The third-order valence-corrected chi connectivity index (χ3v) is 3.99. The van der Waals surface area contributed by atoms with Crippen LogP contribution in [0.15, 0.2) is 0 Å². The van der Waals surface area contributed by atoms with Gasteiger partial charge in [-0.05, 0) is 12.8 Å². The smallest absolute Gasteiger partial charge is 0.326 e. The van der Waals surface area contributed by atoms with Crippen LogP contribution in [0.5, 0.6) is 0 Å². The van der Waals surface area contributed by atoms with E-state index in [1.165, 1.54) is 4.90 Å². The number of nitrogens with one attached hydrogen (secondary N) is 1. The first kappa shape index (κ1) is 15.7. The van der Waals surface area contributed by atoms with Crippen LogP contribution in [-0.2, 0) is 14.6 Å². The summed E-state index contributed by atoms with van der Waals surface area (Å²) in [5.41, 5.74) is 0. The molecule has 0 aliphatic carbocycles. The molecular weight excluding hydrogens is 272 g/mol. The van der Waals surface area contributed by atoms with Crippen molar-refractivity contribution in [2.45, 2.75) is 31.7 Å². The first-order valence-electron chi connectivity index (χ1n) is 6.26. The first-order chi connectivity index (χ1) is 8.81. The van der Waals surface area contributed by atoms with Crippen LogP contribution in [-0.4, -0.2) is 61.6 Å². The summed E-state index contributed by atoms with van der Waals surface area (Å²) in [7, 11) is -3.14. The van der Waals surface area contributed by atoms with Gasteiger partial charge in [-0.15, -0.1) is 0 Å². The molecule has 0 saturated carbocycles. The number of aliphatic carboxylic acids is 1. The average molecular weight is 292 g/mol. The van der Waals surface area contributed by atoms with Gasteiger partial charge in [0.2, 0.25) is 0 Å². The van der Waals surface area contributed by atoms with Crippen molar-refractivity contribution in [2.75, 3.05) is 25.1 Å². The number of hydrogen-bond acceptors (Lipinski definition) is 4. The number of hydrogen-bond donors (Lipinski definition) is 2. The minimum absolute atomic E-state index is 0.000502. The van der Waals surface area contributed by atoms with E-state index in [0.29, 0.717) is 13.0 Å². The van der Waals surface area contributed by atoms with E-state index in [9.17, 15) is 18.0 Å². The summed E-state index contributed by atoms with van der Waals surface area (Å²) in [6, 6.07) is -1.32. The molecule has 8 heteroatoms. The third kappa shape index (κ3) is 5.46. The summed E-state index contributed by atoms with van der Waals surface area (Å²) in [5.74, 6) is -1.16. The van der Waals surface area contributed by atoms with E-state index >= 15 is 0 Å². The van der Waals surface area contributed by atoms with E-state index in [4.69, 9.17) is 5.11 Å². The molecule has 1 rings (SSSR count). The second-order valence-corrected chi connectivity index (χ2v) is 7.02. The number of likely N-dealkylation sites (tertiary alicyclic amines) is 1. The Balaban J connectivity index is 2.58. The summed E-state index contributed by atoms with van der Waals surface area (Å²) in [4.78, 5) is 24.3. The Morgan fingerprint density at radius 2 is 2.00 bits per heavy atom. The summed E-state index contributed by atoms with van der Waals surface area (Å²) in [6.07, 6.45) is 3.98. The molecule has 0 radical (unpaired) electrons. The highest BCUT2D eigenvalue weighted by Gasteiger charge is 2.30. The van der Waals surface area contributed by atoms with Gasteiger partial charge in [0.05, 0.1) is 5.75 Å². The van der Waals surface area contributed by atoms with Crippen LogP contribution < -0.4 is 5.32 Å². The quantitative estimate of drug-likeness (QED) is 0.763. The number of rotatable bonds is 4. The maximum absolute atomic E-state index is 11.9. The summed E-state index contributed by atoms with van der Waals surface area (Å²) in [6.45, 7) is 0.391. The van der Waals surface area contributed by atoms with Crippen molar-refractivity contribution in [1.82, 2.24) is 10.2 Å². The zero-order valence-corrected chi connectivity index (χ0v) is 11.8. The number of carbonyl (C=O) groups is 2. The molecule has 1 atom stereocenters. The van der Waals surface area contributed by atoms with Crippen LogP contribution >= 0.6 is 0 Å². The monoisotopic (exact) mass is 292 g/mol. The van der Waals surface area contributed by atoms with E-state index in [1.54, 1.807) is 0 Å². The van der Waals surface area contributed by atoms with E-state index < -0.39 is 27.9 Å². The van der Waals surface area contributed by atoms with E-state index in [-0.39, 0.29) is 12.3 Å². The standard InChI is InChI=1S/C11H20N2O5S/c1-19(17,18)8-6-12-11(16)13-7-4-2-3-5-9(13)10(14)15/h9H,2-8H2,1H3,(H,12,16)(H,14,15). The molecule has 1 aliphatic heterocycles. The minimum atomic E-state index is -3.14. The van der Waals surface area contributed by atoms with Gasteiger partial charge in [0.25, 0.3) is 0 Å². The van der Waals surface area contributed by atoms with E-state index in [1.807, 2.05) is 0 Å². The van der Waals surface area contributed by atoms with Crippen molar-refractivity contribution in [3.8, 4) is 0 Å². The van der Waals surface area contributed by atoms with Gasteiger partial charge in [0.1, 0.15) is 15.9 Å². The fourth-order valence-corrected chi connectivity index (χ4v) is 2.53. The Bertz CT molecular complexity index is 434. The summed E-state index contributed by atoms with van der Waals surface area (Å²) in [5, 5.41) is 11.6. The lowest BCUT2D eigenvalue weighted by Crippen LogP contribution is -2.50. The van der Waals surface area contributed by atoms with Gasteiger partial charge in [-0.25, -0.2) is 18.0 Å². The number of amides is 2. The zero-order valence-electron chi connectivity index (χ0n) is 11.0. The molecule has 2 N–H and O–H groups in total. The van der Waals surface area contributed by atoms with Crippen LogP contribution in [0.2, 0.25) is 0 Å². The van der Waals surface area contributed by atoms with Crippen molar-refractivity contribution < 1.29 is 23.1 Å². The molecule has 0 spiro atoms. The Kier molecular flexibility index (Phi) is 5.59. The number of urea groups is 1. The molecule has 0 aromatic heterocycles. The van der Waals surface area contributed by atoms with Gasteiger partial charge in [0, 0.05) is 19.3 Å². The van der Waals surface area contributed by atoms with Gasteiger partial charge in [0.15, 0.2) is 0 Å². The van der Waals surface area contributed by atoms with Gasteiger partial charge in [-0.3, -0.25) is 0 Å². The van der Waals surface area contributed by atoms with Crippen molar-refractivity contribution in [1.29, 1.82) is 0 Å². The number of sulfone groups is 1. The predicted octanol–water partition coefficient (Wildman–Crippen LogP) is 0.0698. The molecule has 1 aliphatic rings. The van der Waals surface area contributed by atoms with Crippen LogP contribution in [0.1, 0.15) is 25.7 Å². The molecule has 7 nitrogen and oxygen atoms in total. The number of carboxylic acid groups (broad SMARTS) is 1. The second-order valence-electron chi connectivity index (χ2n) is 4.76. The maximum atomic E-state index is 11.9. The average Bonchev–Trinajstić information content (AvgIpc) is 2.52. The van der Waals surface area contributed by atoms with Crippen molar-refractivity contribution in [2.24, 2.45) is 0 Å². The molecule has 2 amide bonds. The van der Waals surface area contributed by atoms with Crippen LogP contribution in [0.4, 0.5) is 4.79 Å². The molecule has 1 unspecified atom stereocenters. The van der Waals surface area contributed by atoms with Crippen molar-refractivity contribution in [3.63, 3.8) is 0 Å². The van der Waals surface area contributed by atoms with Crippen LogP contribution in [0.25, 0.3) is 0 Å². The largest absolute Gasteiger partial charge is 0.480 e. The maximum Gasteiger partial charge on any atom is 0.326 e. The van der Waals surface area contributed by atoms with Crippen molar-refractivity contribution in [3.05, 3.63) is 0 Å². The highest BCUT2D eigenvalue weighted by Crippen LogP contribution is 2.17. The zero-order chi connectivity index (χ0) is 14.5. The highest BCUT2D eigenvalue weighted by atomic mass is 32.2. The van der Waals surface area contributed by atoms with Gasteiger partial charge >= 0.3 is 12.0 Å². The van der Waals surface area contributed by atoms with Gasteiger partial charge in [-0.2, -0.15) is 0 Å². The van der Waals surface area contributed by atoms with Gasteiger partial charge in [-0.1, -0.05) is 12.8 Å². The van der Waals surface area contributed by atoms with Crippen LogP contribution in [0, 0.1) is 0 Å². The topological polar surface area (TPSA) is 104 Å². The molecule has 19 heavy (non-hydrogen) atoms. The van der Waals surface area contributed by atoms with Crippen LogP contribution in [0.3, 0.4) is 0 Å². The fourth-order valence-electron chi connectivity index (χ4n) is 2.05. The lowest BCUT2D eigenvalue weighted by Gasteiger charge is -2.27. The molecule has 0 aromatic rings. The Morgan fingerprint density at radius 1 is 1.32 bits per heavy atom. The van der Waals surface area contributed by atoms with E-state index in [2.05, 4.69) is 5.32 Å². The molecule has 0 aromatic carbocycles. The highest BCUT2D eigenvalue weighted by molar-refractivity contribution is 7.90. The Morgan fingerprint density at radius 3 is 2.58 bits per heavy atom. The SMILES string of the molecule is CS(=O)(=O)CCNC(=O)N1CCCCCC1C(=O)O. The fraction of sp³-hybridized carbons (Fsp3) is 0.818. The summed E-state index contributed by atoms with van der Waals surface area (Å²) < 4.78 is 21.9. The lowest BCUT2D eigenvalue weighted by molar-refractivity contribution is -0.142. The normalized spacial score (nSPS) is 20.7. The molecule has 110 valence electrons. The Labute approximate surface area is 112 Å². The lowest BCUT2D eigenvalue weighted by atomic mass is 10.1. The number of nitrogens with zero attached hydrogens (tertiary/aromatic N) is 1. The molecule has 1 fully saturated rings. The Hall–Kier alpha value is -1.31. The minimum Gasteiger partial charge on any atom is -0.480 e. The summed E-state index contributed by atoms with van der Waals surface area (Å²) >= 11 is 0.